The molecule has 118 valence electrons. The van der Waals surface area contributed by atoms with Crippen LogP contribution in [-0.2, 0) is 10.1 Å². The summed E-state index contributed by atoms with van der Waals surface area (Å²) < 4.78 is 31.3. The molecular formula is C13H11N5O4S. The molecule has 2 aromatic carbocycles. The van der Waals surface area contributed by atoms with Crippen LogP contribution in [0.2, 0.25) is 0 Å². The van der Waals surface area contributed by atoms with Crippen LogP contribution in [0.15, 0.2) is 40.3 Å². The molecule has 0 bridgehead atoms. The van der Waals surface area contributed by atoms with Crippen molar-refractivity contribution >= 4 is 38.1 Å². The standard InChI is InChI=1S/C13H11N5O4S/c14-6-11(13(15)16)18-17-8-2-1-7-3-9(23(20,21)22)5-12(19)10(7)4-8/h1-5,17,19H,(H3,15,16)(H,20,21,22)/b18-11+. The van der Waals surface area contributed by atoms with Gasteiger partial charge in [0.2, 0.25) is 5.71 Å². The molecule has 0 aliphatic rings. The number of amidine groups is 1. The van der Waals surface area contributed by atoms with E-state index in [1.807, 2.05) is 0 Å². The van der Waals surface area contributed by atoms with Gasteiger partial charge in [-0.25, -0.2) is 0 Å². The van der Waals surface area contributed by atoms with Gasteiger partial charge in [-0.05, 0) is 23.6 Å². The summed E-state index contributed by atoms with van der Waals surface area (Å²) in [6.45, 7) is 0. The Bertz CT molecular complexity index is 976. The third-order valence-electron chi connectivity index (χ3n) is 2.86. The molecule has 0 unspecified atom stereocenters. The maximum atomic E-state index is 11.1. The third-order valence-corrected chi connectivity index (χ3v) is 3.69. The first-order chi connectivity index (χ1) is 10.7. The lowest BCUT2D eigenvalue weighted by molar-refractivity contribution is 0.471. The molecule has 0 spiro atoms. The van der Waals surface area contributed by atoms with E-state index in [2.05, 4.69) is 10.5 Å². The molecule has 0 heterocycles. The van der Waals surface area contributed by atoms with E-state index < -0.39 is 20.8 Å². The molecule has 0 saturated carbocycles. The van der Waals surface area contributed by atoms with E-state index in [4.69, 9.17) is 21.0 Å². The second kappa shape index (κ2) is 5.91. The Morgan fingerprint density at radius 3 is 2.61 bits per heavy atom. The van der Waals surface area contributed by atoms with Crippen molar-refractivity contribution in [2.24, 2.45) is 10.8 Å². The summed E-state index contributed by atoms with van der Waals surface area (Å²) in [4.78, 5) is -0.426. The second-order valence-electron chi connectivity index (χ2n) is 4.45. The number of anilines is 1. The Morgan fingerprint density at radius 2 is 2.04 bits per heavy atom. The first kappa shape index (κ1) is 16.2. The molecule has 0 aromatic heterocycles. The molecule has 2 rings (SSSR count). The number of nitriles is 1. The number of aromatic hydroxyl groups is 1. The zero-order valence-electron chi connectivity index (χ0n) is 11.5. The smallest absolute Gasteiger partial charge is 0.294 e. The van der Waals surface area contributed by atoms with Crippen LogP contribution < -0.4 is 11.2 Å². The molecule has 0 radical (unpaired) electrons. The normalized spacial score (nSPS) is 11.9. The number of benzene rings is 2. The number of nitrogens with two attached hydrogens (primary N) is 1. The second-order valence-corrected chi connectivity index (χ2v) is 5.87. The maximum absolute atomic E-state index is 11.1. The van der Waals surface area contributed by atoms with Gasteiger partial charge in [0.1, 0.15) is 11.8 Å². The zero-order chi connectivity index (χ0) is 17.2. The molecule has 23 heavy (non-hydrogen) atoms. The third kappa shape index (κ3) is 3.54. The van der Waals surface area contributed by atoms with E-state index >= 15 is 0 Å². The van der Waals surface area contributed by atoms with Crippen LogP contribution in [0.3, 0.4) is 0 Å². The van der Waals surface area contributed by atoms with Crippen LogP contribution in [0, 0.1) is 16.7 Å². The van der Waals surface area contributed by atoms with Crippen molar-refractivity contribution in [1.82, 2.24) is 0 Å². The molecule has 0 aliphatic heterocycles. The number of phenolic OH excluding ortho intramolecular Hbond substituents is 1. The van der Waals surface area contributed by atoms with Gasteiger partial charge >= 0.3 is 0 Å². The molecule has 0 saturated heterocycles. The van der Waals surface area contributed by atoms with Gasteiger partial charge in [-0.2, -0.15) is 18.8 Å². The topological polar surface area (TPSA) is 173 Å². The first-order valence-corrected chi connectivity index (χ1v) is 7.49. The van der Waals surface area contributed by atoms with Crippen molar-refractivity contribution in [1.29, 1.82) is 10.7 Å². The summed E-state index contributed by atoms with van der Waals surface area (Å²) in [5.41, 5.74) is 7.73. The molecule has 10 heteroatoms. The fourth-order valence-corrected chi connectivity index (χ4v) is 2.33. The van der Waals surface area contributed by atoms with Gasteiger partial charge in [0.15, 0.2) is 5.84 Å². The average molecular weight is 333 g/mol. The van der Waals surface area contributed by atoms with E-state index in [-0.39, 0.29) is 11.5 Å². The van der Waals surface area contributed by atoms with Gasteiger partial charge in [-0.1, -0.05) is 6.07 Å². The van der Waals surface area contributed by atoms with E-state index in [1.54, 1.807) is 6.07 Å². The lowest BCUT2D eigenvalue weighted by atomic mass is 10.1. The van der Waals surface area contributed by atoms with Gasteiger partial charge in [0.25, 0.3) is 10.1 Å². The largest absolute Gasteiger partial charge is 0.507 e. The quantitative estimate of drug-likeness (QED) is 0.240. The Morgan fingerprint density at radius 1 is 1.35 bits per heavy atom. The Kier molecular flexibility index (Phi) is 4.17. The fourth-order valence-electron chi connectivity index (χ4n) is 1.80. The van der Waals surface area contributed by atoms with Crippen molar-refractivity contribution in [3.8, 4) is 11.8 Å². The fraction of sp³-hybridized carbons (Fsp3) is 0. The van der Waals surface area contributed by atoms with Crippen LogP contribution in [0.5, 0.6) is 5.75 Å². The number of rotatable bonds is 4. The van der Waals surface area contributed by atoms with Gasteiger partial charge in [0, 0.05) is 11.5 Å². The predicted octanol–water partition coefficient (Wildman–Crippen LogP) is 1.02. The number of hydrazone groups is 1. The van der Waals surface area contributed by atoms with E-state index in [0.717, 1.165) is 6.07 Å². The highest BCUT2D eigenvalue weighted by Crippen LogP contribution is 2.30. The van der Waals surface area contributed by atoms with E-state index in [0.29, 0.717) is 16.5 Å². The minimum atomic E-state index is -4.43. The number of nitrogens with zero attached hydrogens (tertiary/aromatic N) is 2. The van der Waals surface area contributed by atoms with Gasteiger partial charge in [0.05, 0.1) is 10.6 Å². The number of fused-ring (bicyclic) bond motifs is 1. The minimum absolute atomic E-state index is 0.305. The van der Waals surface area contributed by atoms with Crippen molar-refractivity contribution in [2.75, 3.05) is 5.43 Å². The molecule has 0 aliphatic carbocycles. The van der Waals surface area contributed by atoms with Crippen LogP contribution in [0.25, 0.3) is 10.8 Å². The summed E-state index contributed by atoms with van der Waals surface area (Å²) in [5, 5.41) is 30.1. The highest BCUT2D eigenvalue weighted by molar-refractivity contribution is 7.85. The number of phenols is 1. The van der Waals surface area contributed by atoms with Crippen molar-refractivity contribution in [3.63, 3.8) is 0 Å². The minimum Gasteiger partial charge on any atom is -0.507 e. The van der Waals surface area contributed by atoms with Gasteiger partial charge in [-0.3, -0.25) is 15.4 Å². The van der Waals surface area contributed by atoms with Crippen LogP contribution in [0.1, 0.15) is 0 Å². The zero-order valence-corrected chi connectivity index (χ0v) is 12.3. The molecule has 0 fully saturated rings. The molecule has 2 aromatic rings. The number of hydrogen-bond donors (Lipinski definition) is 5. The highest BCUT2D eigenvalue weighted by Gasteiger charge is 2.13. The lowest BCUT2D eigenvalue weighted by Crippen LogP contribution is -2.21. The summed E-state index contributed by atoms with van der Waals surface area (Å²) in [6, 6.07) is 8.21. The lowest BCUT2D eigenvalue weighted by Gasteiger charge is -2.07. The van der Waals surface area contributed by atoms with Crippen LogP contribution >= 0.6 is 0 Å². The SMILES string of the molecule is N#C/C(=N\Nc1ccc2cc(S(=O)(=O)O)cc(O)c2c1)C(=N)N. The van der Waals surface area contributed by atoms with Crippen molar-refractivity contribution in [3.05, 3.63) is 30.3 Å². The Labute approximate surface area is 130 Å². The highest BCUT2D eigenvalue weighted by atomic mass is 32.2. The summed E-state index contributed by atoms with van der Waals surface area (Å²) >= 11 is 0. The van der Waals surface area contributed by atoms with E-state index in [1.165, 1.54) is 24.3 Å². The number of hydrogen-bond acceptors (Lipinski definition) is 7. The Hall–Kier alpha value is -3.16. The molecule has 6 N–H and O–H groups in total. The molecule has 0 atom stereocenters. The molecular weight excluding hydrogens is 322 g/mol. The molecule has 0 amide bonds. The predicted molar refractivity (Wildman–Crippen MR) is 84.0 cm³/mol. The van der Waals surface area contributed by atoms with Crippen molar-refractivity contribution < 1.29 is 18.1 Å². The van der Waals surface area contributed by atoms with E-state index in [9.17, 15) is 13.5 Å². The van der Waals surface area contributed by atoms with Crippen LogP contribution in [-0.4, -0.2) is 29.6 Å². The van der Waals surface area contributed by atoms with Gasteiger partial charge < -0.3 is 10.8 Å². The summed E-state index contributed by atoms with van der Waals surface area (Å²) in [5.74, 6) is -0.851. The monoisotopic (exact) mass is 333 g/mol. The van der Waals surface area contributed by atoms with Gasteiger partial charge in [-0.15, -0.1) is 0 Å². The Balaban J connectivity index is 2.47. The summed E-state index contributed by atoms with van der Waals surface area (Å²) in [6.07, 6.45) is 0. The average Bonchev–Trinajstić information content (AvgIpc) is 2.46. The number of nitrogens with one attached hydrogen (secondary N) is 2. The summed E-state index contributed by atoms with van der Waals surface area (Å²) in [7, 11) is -4.43. The van der Waals surface area contributed by atoms with Crippen LogP contribution in [0.4, 0.5) is 5.69 Å². The van der Waals surface area contributed by atoms with Crippen molar-refractivity contribution in [2.45, 2.75) is 4.90 Å². The maximum Gasteiger partial charge on any atom is 0.294 e. The first-order valence-electron chi connectivity index (χ1n) is 6.05. The molecule has 9 nitrogen and oxygen atoms in total.